The number of esters is 1. The molecule has 2 saturated heterocycles. The van der Waals surface area contributed by atoms with Gasteiger partial charge in [-0.2, -0.15) is 0 Å². The lowest BCUT2D eigenvalue weighted by atomic mass is 9.99. The minimum absolute atomic E-state index is 0.101. The normalized spacial score (nSPS) is 35.1. The van der Waals surface area contributed by atoms with Crippen molar-refractivity contribution in [2.45, 2.75) is 66.4 Å². The van der Waals surface area contributed by atoms with Crippen LogP contribution in [-0.2, 0) is 33.2 Å². The summed E-state index contributed by atoms with van der Waals surface area (Å²) in [6, 6.07) is 9.05. The lowest BCUT2D eigenvalue weighted by molar-refractivity contribution is -0.312. The third kappa shape index (κ3) is 6.17. The fourth-order valence-electron chi connectivity index (χ4n) is 3.26. The van der Waals surface area contributed by atoms with Gasteiger partial charge in [-0.3, -0.25) is 0 Å². The summed E-state index contributed by atoms with van der Waals surface area (Å²) >= 11 is 1.13. The van der Waals surface area contributed by atoms with Crippen molar-refractivity contribution in [1.29, 1.82) is 0 Å². The Balaban J connectivity index is 1.75. The largest absolute Gasteiger partial charge is 0.467 e. The second-order valence-corrected chi connectivity index (χ2v) is 8.53. The Morgan fingerprint density at radius 1 is 1.22 bits per heavy atom. The first-order chi connectivity index (χ1) is 15.3. The van der Waals surface area contributed by atoms with Crippen LogP contribution in [0.15, 0.2) is 35.2 Å². The Morgan fingerprint density at radius 2 is 1.94 bits per heavy atom. The van der Waals surface area contributed by atoms with E-state index in [9.17, 15) is 20.1 Å². The summed E-state index contributed by atoms with van der Waals surface area (Å²) < 4.78 is 32.4. The zero-order chi connectivity index (χ0) is 23.3. The standard InChI is InChI=1S/C20H29NO10S/c1-10-12(8-27-9-28-10)29-19(17(21)24)30-15-13(22)14(23)20(31-16(15)18(25)26-2)32-11-6-4-3-5-7-11/h3-7,10,12-17,19-20,22-24H,8-9,21H2,1-2H3/t10-,12?,13?,14?,15?,16?,17-,19?,20?/m0/s1. The van der Waals surface area contributed by atoms with Crippen LogP contribution in [0, 0.1) is 0 Å². The lowest BCUT2D eigenvalue weighted by Crippen LogP contribution is -2.62. The number of ether oxygens (including phenoxy) is 6. The predicted molar refractivity (Wildman–Crippen MR) is 110 cm³/mol. The Kier molecular flexibility index (Phi) is 9.25. The van der Waals surface area contributed by atoms with Crippen LogP contribution < -0.4 is 5.73 Å². The van der Waals surface area contributed by atoms with E-state index < -0.39 is 54.4 Å². The third-order valence-electron chi connectivity index (χ3n) is 5.07. The molecule has 180 valence electrons. The van der Waals surface area contributed by atoms with Gasteiger partial charge >= 0.3 is 5.97 Å². The van der Waals surface area contributed by atoms with E-state index in [0.717, 1.165) is 23.8 Å². The van der Waals surface area contributed by atoms with E-state index in [1.807, 2.05) is 18.2 Å². The molecule has 0 radical (unpaired) electrons. The maximum atomic E-state index is 12.4. The van der Waals surface area contributed by atoms with Gasteiger partial charge in [0.2, 0.25) is 0 Å². The Labute approximate surface area is 189 Å². The molecule has 0 amide bonds. The molecule has 0 aromatic heterocycles. The summed E-state index contributed by atoms with van der Waals surface area (Å²) in [5.41, 5.74) is 4.61. The predicted octanol–water partition coefficient (Wildman–Crippen LogP) is -0.835. The minimum atomic E-state index is -1.64. The number of carbonyl (C=O) groups excluding carboxylic acids is 1. The average Bonchev–Trinajstić information content (AvgIpc) is 2.79. The highest BCUT2D eigenvalue weighted by Crippen LogP contribution is 2.35. The molecule has 1 aromatic carbocycles. The average molecular weight is 476 g/mol. The molecule has 9 atom stereocenters. The first-order valence-corrected chi connectivity index (χ1v) is 10.9. The van der Waals surface area contributed by atoms with E-state index in [4.69, 9.17) is 34.2 Å². The number of benzene rings is 1. The number of aliphatic hydroxyl groups excluding tert-OH is 3. The molecule has 0 bridgehead atoms. The summed E-state index contributed by atoms with van der Waals surface area (Å²) in [7, 11) is 1.16. The van der Waals surface area contributed by atoms with E-state index in [1.54, 1.807) is 19.1 Å². The monoisotopic (exact) mass is 475 g/mol. The van der Waals surface area contributed by atoms with E-state index >= 15 is 0 Å². The van der Waals surface area contributed by atoms with Gasteiger partial charge in [-0.1, -0.05) is 30.0 Å². The van der Waals surface area contributed by atoms with Crippen LogP contribution in [0.25, 0.3) is 0 Å². The second kappa shape index (κ2) is 11.7. The summed E-state index contributed by atoms with van der Waals surface area (Å²) in [5, 5.41) is 31.4. The van der Waals surface area contributed by atoms with Crippen LogP contribution in [0.3, 0.4) is 0 Å². The number of thioether (sulfide) groups is 1. The summed E-state index contributed by atoms with van der Waals surface area (Å²) in [4.78, 5) is 13.2. The third-order valence-corrected chi connectivity index (χ3v) is 6.24. The molecule has 11 nitrogen and oxygen atoms in total. The lowest BCUT2D eigenvalue weighted by Gasteiger charge is -2.43. The molecule has 32 heavy (non-hydrogen) atoms. The molecule has 2 aliphatic heterocycles. The molecule has 2 heterocycles. The van der Waals surface area contributed by atoms with Crippen LogP contribution in [0.1, 0.15) is 6.92 Å². The molecular weight excluding hydrogens is 446 g/mol. The Hall–Kier alpha value is -1.32. The second-order valence-electron chi connectivity index (χ2n) is 7.35. The molecule has 5 N–H and O–H groups in total. The van der Waals surface area contributed by atoms with Crippen molar-refractivity contribution in [2.75, 3.05) is 20.5 Å². The molecule has 12 heteroatoms. The van der Waals surface area contributed by atoms with Gasteiger partial charge in [-0.15, -0.1) is 0 Å². The van der Waals surface area contributed by atoms with Crippen LogP contribution >= 0.6 is 11.8 Å². The zero-order valence-electron chi connectivity index (χ0n) is 17.7. The molecule has 0 aliphatic carbocycles. The van der Waals surface area contributed by atoms with Crippen molar-refractivity contribution in [1.82, 2.24) is 0 Å². The van der Waals surface area contributed by atoms with Crippen molar-refractivity contribution in [3.05, 3.63) is 30.3 Å². The highest BCUT2D eigenvalue weighted by Gasteiger charge is 2.50. The van der Waals surface area contributed by atoms with Crippen molar-refractivity contribution < 1.29 is 48.5 Å². The molecule has 0 saturated carbocycles. The SMILES string of the molecule is COC(=O)C1OC(Sc2ccccc2)C(O)C(O)C1OC(OC1COCO[C@H]1C)[C@@H](N)O. The zero-order valence-corrected chi connectivity index (χ0v) is 18.5. The Bertz CT molecular complexity index is 726. The van der Waals surface area contributed by atoms with Gasteiger partial charge in [0.1, 0.15) is 36.6 Å². The van der Waals surface area contributed by atoms with Gasteiger partial charge in [0, 0.05) is 4.90 Å². The summed E-state index contributed by atoms with van der Waals surface area (Å²) in [6.07, 6.45) is -9.98. The number of hydrogen-bond donors (Lipinski definition) is 4. The fraction of sp³-hybridized carbons (Fsp3) is 0.650. The van der Waals surface area contributed by atoms with Crippen molar-refractivity contribution >= 4 is 17.7 Å². The number of carbonyl (C=O) groups is 1. The number of rotatable bonds is 8. The number of methoxy groups -OCH3 is 1. The number of aliphatic hydroxyl groups is 3. The van der Waals surface area contributed by atoms with Crippen molar-refractivity contribution in [2.24, 2.45) is 5.73 Å². The fourth-order valence-corrected chi connectivity index (χ4v) is 4.32. The molecule has 0 spiro atoms. The van der Waals surface area contributed by atoms with E-state index in [-0.39, 0.29) is 19.5 Å². The molecule has 2 fully saturated rings. The molecule has 3 rings (SSSR count). The summed E-state index contributed by atoms with van der Waals surface area (Å²) in [5.74, 6) is -0.831. The Morgan fingerprint density at radius 3 is 2.56 bits per heavy atom. The molecule has 1 aromatic rings. The van der Waals surface area contributed by atoms with Crippen molar-refractivity contribution in [3.8, 4) is 0 Å². The highest BCUT2D eigenvalue weighted by atomic mass is 32.2. The van der Waals surface area contributed by atoms with Gasteiger partial charge in [0.15, 0.2) is 18.6 Å². The first-order valence-electron chi connectivity index (χ1n) is 10.1. The maximum Gasteiger partial charge on any atom is 0.337 e. The van der Waals surface area contributed by atoms with Crippen molar-refractivity contribution in [3.63, 3.8) is 0 Å². The topological polar surface area (TPSA) is 159 Å². The quantitative estimate of drug-likeness (QED) is 0.273. The highest BCUT2D eigenvalue weighted by molar-refractivity contribution is 7.99. The smallest absolute Gasteiger partial charge is 0.337 e. The van der Waals surface area contributed by atoms with Gasteiger partial charge < -0.3 is 49.5 Å². The first kappa shape index (κ1) is 25.3. The number of hydrogen-bond acceptors (Lipinski definition) is 12. The summed E-state index contributed by atoms with van der Waals surface area (Å²) in [6.45, 7) is 2.01. The molecular formula is C20H29NO10S. The van der Waals surface area contributed by atoms with Gasteiger partial charge in [-0.05, 0) is 19.1 Å². The van der Waals surface area contributed by atoms with Gasteiger partial charge in [0.25, 0.3) is 0 Å². The van der Waals surface area contributed by atoms with Crippen LogP contribution in [0.5, 0.6) is 0 Å². The van der Waals surface area contributed by atoms with Gasteiger partial charge in [0.05, 0.1) is 19.8 Å². The van der Waals surface area contributed by atoms with E-state index in [1.165, 1.54) is 0 Å². The minimum Gasteiger partial charge on any atom is -0.467 e. The molecule has 7 unspecified atom stereocenters. The van der Waals surface area contributed by atoms with Crippen LogP contribution in [0.4, 0.5) is 0 Å². The van der Waals surface area contributed by atoms with E-state index in [0.29, 0.717) is 0 Å². The van der Waals surface area contributed by atoms with Crippen LogP contribution in [-0.4, -0.2) is 96.4 Å². The van der Waals surface area contributed by atoms with Crippen LogP contribution in [0.2, 0.25) is 0 Å². The molecule has 2 aliphatic rings. The number of nitrogens with two attached hydrogens (primary N) is 1. The maximum absolute atomic E-state index is 12.4. The van der Waals surface area contributed by atoms with E-state index in [2.05, 4.69) is 0 Å². The van der Waals surface area contributed by atoms with Gasteiger partial charge in [-0.25, -0.2) is 4.79 Å².